The lowest BCUT2D eigenvalue weighted by molar-refractivity contribution is 0.245. The van der Waals surface area contributed by atoms with E-state index in [0.717, 1.165) is 49.7 Å². The Labute approximate surface area is 158 Å². The van der Waals surface area contributed by atoms with Crippen molar-refractivity contribution in [2.24, 2.45) is 0 Å². The van der Waals surface area contributed by atoms with Gasteiger partial charge in [0.15, 0.2) is 0 Å². The van der Waals surface area contributed by atoms with E-state index >= 15 is 0 Å². The van der Waals surface area contributed by atoms with E-state index in [1.54, 1.807) is 13.1 Å². The maximum Gasteiger partial charge on any atom is 0.243 e. The molecule has 2 aliphatic rings. The Bertz CT molecular complexity index is 964. The van der Waals surface area contributed by atoms with Crippen molar-refractivity contribution in [1.82, 2.24) is 19.6 Å². The second-order valence-corrected chi connectivity index (χ2v) is 9.06. The van der Waals surface area contributed by atoms with E-state index in [0.29, 0.717) is 24.4 Å². The zero-order valence-corrected chi connectivity index (χ0v) is 16.1. The van der Waals surface area contributed by atoms with Crippen LogP contribution < -0.4 is 5.32 Å². The number of aryl methyl sites for hydroxylation is 1. The standard InChI is InChI=1S/C19H23FN4O2S/c1-13-5-6-15(10-16(13)20)27(25,26)24-9-3-2-4-18(24)19-22-12-14-11-21-8-7-17(14)23-19/h5-6,10,12,18,21H,2-4,7-9,11H2,1H3/t18-/m1/s1. The summed E-state index contributed by atoms with van der Waals surface area (Å²) in [4.78, 5) is 9.15. The first kappa shape index (κ1) is 18.5. The first-order valence-corrected chi connectivity index (χ1v) is 10.7. The van der Waals surface area contributed by atoms with Gasteiger partial charge in [-0.05, 0) is 37.5 Å². The van der Waals surface area contributed by atoms with Crippen molar-refractivity contribution in [3.63, 3.8) is 0 Å². The van der Waals surface area contributed by atoms with Crippen molar-refractivity contribution in [2.45, 2.75) is 50.1 Å². The number of hydrogen-bond donors (Lipinski definition) is 1. The molecule has 0 spiro atoms. The summed E-state index contributed by atoms with van der Waals surface area (Å²) in [5, 5.41) is 3.28. The molecule has 1 aromatic carbocycles. The molecule has 144 valence electrons. The smallest absolute Gasteiger partial charge is 0.243 e. The molecule has 1 N–H and O–H groups in total. The Balaban J connectivity index is 1.71. The molecule has 4 rings (SSSR count). The van der Waals surface area contributed by atoms with E-state index < -0.39 is 21.9 Å². The molecule has 3 heterocycles. The van der Waals surface area contributed by atoms with Crippen LogP contribution in [0, 0.1) is 12.7 Å². The second kappa shape index (κ2) is 7.26. The van der Waals surface area contributed by atoms with Crippen molar-refractivity contribution in [3.8, 4) is 0 Å². The van der Waals surface area contributed by atoms with Gasteiger partial charge in [0.2, 0.25) is 10.0 Å². The number of aromatic nitrogens is 2. The van der Waals surface area contributed by atoms with Gasteiger partial charge in [-0.15, -0.1) is 0 Å². The van der Waals surface area contributed by atoms with Gasteiger partial charge in [-0.1, -0.05) is 12.5 Å². The van der Waals surface area contributed by atoms with Crippen LogP contribution >= 0.6 is 0 Å². The summed E-state index contributed by atoms with van der Waals surface area (Å²) < 4.78 is 41.9. The van der Waals surface area contributed by atoms with E-state index in [1.807, 2.05) is 0 Å². The minimum absolute atomic E-state index is 0.0142. The molecule has 0 radical (unpaired) electrons. The highest BCUT2D eigenvalue weighted by atomic mass is 32.2. The predicted octanol–water partition coefficient (Wildman–Crippen LogP) is 2.49. The topological polar surface area (TPSA) is 75.2 Å². The molecule has 0 aliphatic carbocycles. The lowest BCUT2D eigenvalue weighted by atomic mass is 10.0. The van der Waals surface area contributed by atoms with Crippen LogP contribution in [-0.2, 0) is 23.0 Å². The zero-order valence-electron chi connectivity index (χ0n) is 15.3. The molecule has 8 heteroatoms. The van der Waals surface area contributed by atoms with E-state index in [-0.39, 0.29) is 4.90 Å². The van der Waals surface area contributed by atoms with Crippen LogP contribution in [0.3, 0.4) is 0 Å². The minimum atomic E-state index is -3.82. The number of nitrogens with zero attached hydrogens (tertiary/aromatic N) is 3. The number of halogens is 1. The zero-order chi connectivity index (χ0) is 19.0. The number of piperidine rings is 1. The average molecular weight is 390 g/mol. The Morgan fingerprint density at radius 1 is 1.30 bits per heavy atom. The molecule has 2 aliphatic heterocycles. The SMILES string of the molecule is Cc1ccc(S(=O)(=O)N2CCCC[C@@H]2c2ncc3c(n2)CCNC3)cc1F. The van der Waals surface area contributed by atoms with Crippen molar-refractivity contribution in [3.05, 3.63) is 52.9 Å². The highest BCUT2D eigenvalue weighted by Crippen LogP contribution is 2.34. The van der Waals surface area contributed by atoms with Gasteiger partial charge in [0, 0.05) is 43.5 Å². The quantitative estimate of drug-likeness (QED) is 0.872. The molecular weight excluding hydrogens is 367 g/mol. The monoisotopic (exact) mass is 390 g/mol. The van der Waals surface area contributed by atoms with Gasteiger partial charge in [0.05, 0.1) is 10.9 Å². The van der Waals surface area contributed by atoms with Crippen LogP contribution in [0.1, 0.15) is 47.9 Å². The lowest BCUT2D eigenvalue weighted by Crippen LogP contribution is -2.39. The van der Waals surface area contributed by atoms with Crippen LogP contribution in [0.2, 0.25) is 0 Å². The summed E-state index contributed by atoms with van der Waals surface area (Å²) in [6, 6.07) is 3.67. The summed E-state index contributed by atoms with van der Waals surface area (Å²) >= 11 is 0. The van der Waals surface area contributed by atoms with Crippen LogP contribution in [0.25, 0.3) is 0 Å². The fourth-order valence-corrected chi connectivity index (χ4v) is 5.40. The van der Waals surface area contributed by atoms with Crippen molar-refractivity contribution in [2.75, 3.05) is 13.1 Å². The largest absolute Gasteiger partial charge is 0.312 e. The molecule has 1 fully saturated rings. The minimum Gasteiger partial charge on any atom is -0.312 e. The molecule has 0 unspecified atom stereocenters. The molecule has 27 heavy (non-hydrogen) atoms. The van der Waals surface area contributed by atoms with Gasteiger partial charge in [-0.25, -0.2) is 22.8 Å². The molecule has 1 aromatic heterocycles. The van der Waals surface area contributed by atoms with Crippen LogP contribution in [0.4, 0.5) is 4.39 Å². The van der Waals surface area contributed by atoms with Gasteiger partial charge >= 0.3 is 0 Å². The maximum absolute atomic E-state index is 14.0. The number of fused-ring (bicyclic) bond motifs is 1. The molecule has 0 bridgehead atoms. The Morgan fingerprint density at radius 2 is 2.15 bits per heavy atom. The van der Waals surface area contributed by atoms with Gasteiger partial charge < -0.3 is 5.32 Å². The highest BCUT2D eigenvalue weighted by Gasteiger charge is 2.36. The van der Waals surface area contributed by atoms with Crippen LogP contribution in [-0.4, -0.2) is 35.8 Å². The molecule has 0 saturated carbocycles. The van der Waals surface area contributed by atoms with Gasteiger partial charge in [0.25, 0.3) is 0 Å². The van der Waals surface area contributed by atoms with Crippen molar-refractivity contribution in [1.29, 1.82) is 0 Å². The highest BCUT2D eigenvalue weighted by molar-refractivity contribution is 7.89. The van der Waals surface area contributed by atoms with Crippen molar-refractivity contribution < 1.29 is 12.8 Å². The van der Waals surface area contributed by atoms with Crippen LogP contribution in [0.15, 0.2) is 29.3 Å². The Morgan fingerprint density at radius 3 is 2.96 bits per heavy atom. The fourth-order valence-electron chi connectivity index (χ4n) is 3.73. The van der Waals surface area contributed by atoms with Crippen LogP contribution in [0.5, 0.6) is 0 Å². The Kier molecular flexibility index (Phi) is 4.96. The summed E-state index contributed by atoms with van der Waals surface area (Å²) in [5.41, 5.74) is 2.48. The molecule has 1 saturated heterocycles. The van der Waals surface area contributed by atoms with E-state index in [1.165, 1.54) is 16.4 Å². The fraction of sp³-hybridized carbons (Fsp3) is 0.474. The third-order valence-electron chi connectivity index (χ3n) is 5.33. The lowest BCUT2D eigenvalue weighted by Gasteiger charge is -2.34. The number of benzene rings is 1. The third kappa shape index (κ3) is 3.49. The van der Waals surface area contributed by atoms with E-state index in [9.17, 15) is 12.8 Å². The van der Waals surface area contributed by atoms with E-state index in [4.69, 9.17) is 4.98 Å². The molecule has 6 nitrogen and oxygen atoms in total. The van der Waals surface area contributed by atoms with Gasteiger partial charge in [0.1, 0.15) is 11.6 Å². The summed E-state index contributed by atoms with van der Waals surface area (Å²) in [6.45, 7) is 3.61. The second-order valence-electron chi connectivity index (χ2n) is 7.17. The number of rotatable bonds is 3. The Hall–Kier alpha value is -1.90. The molecular formula is C19H23FN4O2S. The van der Waals surface area contributed by atoms with Crippen molar-refractivity contribution >= 4 is 10.0 Å². The number of sulfonamides is 1. The summed E-state index contributed by atoms with van der Waals surface area (Å²) in [6.07, 6.45) is 4.98. The first-order valence-electron chi connectivity index (χ1n) is 9.30. The first-order chi connectivity index (χ1) is 13.0. The number of hydrogen-bond acceptors (Lipinski definition) is 5. The third-order valence-corrected chi connectivity index (χ3v) is 7.23. The molecule has 0 amide bonds. The summed E-state index contributed by atoms with van der Waals surface area (Å²) in [7, 11) is -3.82. The molecule has 2 aromatic rings. The normalized spacial score (nSPS) is 21.0. The maximum atomic E-state index is 14.0. The predicted molar refractivity (Wildman–Crippen MR) is 99.1 cm³/mol. The van der Waals surface area contributed by atoms with Gasteiger partial charge in [-0.2, -0.15) is 4.31 Å². The van der Waals surface area contributed by atoms with Gasteiger partial charge in [-0.3, -0.25) is 0 Å². The van der Waals surface area contributed by atoms with E-state index in [2.05, 4.69) is 10.3 Å². The average Bonchev–Trinajstić information content (AvgIpc) is 2.69. The number of nitrogens with one attached hydrogen (secondary N) is 1. The molecule has 1 atom stereocenters. The summed E-state index contributed by atoms with van der Waals surface area (Å²) in [5.74, 6) is 0.0358.